The molecule has 16 rings (SSSR count). The number of methoxy groups -OCH3 is 2. The first-order valence-electron chi connectivity index (χ1n) is 46.8. The quantitative estimate of drug-likeness (QED) is 0.00404. The second kappa shape index (κ2) is 61.3. The van der Waals surface area contributed by atoms with Crippen LogP contribution in [-0.4, -0.2) is 252 Å². The number of carboxylic acid groups (broad SMARTS) is 1. The maximum atomic E-state index is 13.2. The Kier molecular flexibility index (Phi) is 50.1. The highest BCUT2D eigenvalue weighted by molar-refractivity contribution is 5.96. The van der Waals surface area contributed by atoms with E-state index in [0.29, 0.717) is 70.2 Å². The molecule has 6 aromatic carbocycles. The van der Waals surface area contributed by atoms with E-state index < -0.39 is 78.6 Å². The molecular formula is C107H138N4O26. The van der Waals surface area contributed by atoms with Crippen LogP contribution in [0.2, 0.25) is 0 Å². The number of fused-ring (bicyclic) bond motifs is 2. The number of benzene rings is 6. The number of aldehydes is 1. The Hall–Kier alpha value is -11.9. The predicted molar refractivity (Wildman–Crippen MR) is 516 cm³/mol. The fraction of sp³-hybridized carbons (Fsp3) is 0.458. The number of carboxylic acids is 1. The molecule has 3 saturated carbocycles. The molecule has 30 nitrogen and oxygen atoms in total. The van der Waals surface area contributed by atoms with E-state index in [1.807, 2.05) is 196 Å². The summed E-state index contributed by atoms with van der Waals surface area (Å²) in [5.74, 6) is -1.41. The van der Waals surface area contributed by atoms with Gasteiger partial charge in [-0.2, -0.15) is 0 Å². The summed E-state index contributed by atoms with van der Waals surface area (Å²) in [6.07, 6.45) is 21.2. The number of amides is 7. The number of hydrogen-bond donors (Lipinski definition) is 7. The van der Waals surface area contributed by atoms with Crippen molar-refractivity contribution in [2.24, 2.45) is 35.5 Å². The summed E-state index contributed by atoms with van der Waals surface area (Å²) < 4.78 is 50.2. The molecular weight excluding hydrogens is 1760 g/mol. The zero-order valence-corrected chi connectivity index (χ0v) is 79.5. The minimum atomic E-state index is -1.05. The van der Waals surface area contributed by atoms with Crippen molar-refractivity contribution in [3.63, 3.8) is 0 Å². The zero-order valence-electron chi connectivity index (χ0n) is 79.5. The average molecular weight is 1900 g/mol. The number of hydrogen-bond acceptors (Lipinski definition) is 25. The van der Waals surface area contributed by atoms with Crippen molar-refractivity contribution in [2.75, 3.05) is 60.7 Å². The van der Waals surface area contributed by atoms with Crippen molar-refractivity contribution >= 4 is 72.5 Å². The number of rotatable bonds is 31. The number of aliphatic carboxylic acids is 1. The van der Waals surface area contributed by atoms with Gasteiger partial charge in [0.1, 0.15) is 57.8 Å². The van der Waals surface area contributed by atoms with Crippen molar-refractivity contribution < 1.29 is 126 Å². The molecule has 20 atom stereocenters. The monoisotopic (exact) mass is 1890 g/mol. The van der Waals surface area contributed by atoms with E-state index in [4.69, 9.17) is 52.8 Å². The van der Waals surface area contributed by atoms with Crippen LogP contribution < -0.4 is 5.32 Å². The fourth-order valence-corrected chi connectivity index (χ4v) is 16.6. The van der Waals surface area contributed by atoms with Gasteiger partial charge in [0.25, 0.3) is 0 Å². The van der Waals surface area contributed by atoms with Crippen molar-refractivity contribution in [3.8, 4) is 0 Å². The Morgan fingerprint density at radius 1 is 0.562 bits per heavy atom. The van der Waals surface area contributed by atoms with E-state index in [1.54, 1.807) is 55.7 Å². The lowest BCUT2D eigenvalue weighted by molar-refractivity contribution is -0.158. The van der Waals surface area contributed by atoms with Gasteiger partial charge in [0.2, 0.25) is 17.7 Å². The van der Waals surface area contributed by atoms with Crippen molar-refractivity contribution in [3.05, 3.63) is 278 Å². The third-order valence-corrected chi connectivity index (χ3v) is 24.2. The molecule has 9 fully saturated rings. The van der Waals surface area contributed by atoms with Crippen molar-refractivity contribution in [1.82, 2.24) is 20.0 Å². The van der Waals surface area contributed by atoms with E-state index in [0.717, 1.165) is 76.7 Å². The van der Waals surface area contributed by atoms with Crippen LogP contribution in [0.3, 0.4) is 0 Å². The van der Waals surface area contributed by atoms with Gasteiger partial charge in [-0.25, -0.2) is 33.9 Å². The summed E-state index contributed by atoms with van der Waals surface area (Å²) in [6, 6.07) is 57.6. The maximum Gasteiger partial charge on any atom is 0.416 e. The summed E-state index contributed by atoms with van der Waals surface area (Å²) in [7, 11) is 3.21. The molecule has 7 N–H and O–H groups in total. The largest absolute Gasteiger partial charge is 0.481 e. The second-order valence-corrected chi connectivity index (χ2v) is 34.0. The van der Waals surface area contributed by atoms with Crippen LogP contribution >= 0.6 is 0 Å². The highest BCUT2D eigenvalue weighted by Crippen LogP contribution is 2.48. The number of epoxide rings is 2. The van der Waals surface area contributed by atoms with Gasteiger partial charge in [-0.15, -0.1) is 19.7 Å². The number of nitrogens with zero attached hydrogens (tertiary/aromatic N) is 3. The van der Waals surface area contributed by atoms with Gasteiger partial charge in [0.05, 0.1) is 78.7 Å². The Morgan fingerprint density at radius 2 is 1.03 bits per heavy atom. The maximum absolute atomic E-state index is 13.2. The number of alkyl carbamates (subject to hydrolysis) is 1. The molecule has 0 unspecified atom stereocenters. The first kappa shape index (κ1) is 112. The van der Waals surface area contributed by atoms with Gasteiger partial charge in [-0.3, -0.25) is 28.8 Å². The number of imide groups is 3. The zero-order chi connectivity index (χ0) is 99.6. The Bertz CT molecular complexity index is 4710. The number of aliphatic hydroxyl groups is 5. The molecule has 30 heteroatoms. The molecule has 742 valence electrons. The summed E-state index contributed by atoms with van der Waals surface area (Å²) in [5.41, 5.74) is 6.33. The number of cyclic esters (lactones) is 4. The van der Waals surface area contributed by atoms with Crippen LogP contribution in [0.25, 0.3) is 12.2 Å². The van der Waals surface area contributed by atoms with Crippen LogP contribution in [0.4, 0.5) is 19.2 Å². The molecule has 6 aliphatic heterocycles. The standard InChI is InChI=1S/C24H25NO4.C16H17NO4.C15H17NO3.C11H20O5.C10H11NO2.C9H8O.C8H14O.C6H10O3.C5H8O2.C3H8O/c1-2-9-21(22(26)15-14-18-10-5-3-6-11-18)23(27)25-20(17-29-24(25)28)16-19-12-7-4-8-13-19;18-14-8-4-7-13(14)15(19)17-12(10-21-16(17)20)9-11-5-2-1-3-6-11;1-2-3-9-14(17)16-13(11-19-15(16)18)10-12-7-5-4-6-8-12;1-4-8-5-9(16-7(2)12)10(13)11(8)15-6-14-3;12-10-11-9(7-13-10)6-8-4-2-1-3-5-8;10-8-4-7-9-5-2-1-3-6-9;1-3-6-4-7-8(9-7)5(6)2;7-2-3-1-4-6(9-4)5(3)8;1-2-3-4-5(6)7;1-3-4-2/h2-8,10-15,20-22,26H,1,9,16-17H2;1-6,8,12-14,18H,7,9-10H2;2,4-8,13H,1,3,9-11H2;8-11,13H,4-6H2,1-3H3;1-5,9H,6-7H2,(H,11,12);1-8H;5-8H,3-4H2,1-2H3;3-8H,1-2H2;2H,1,3-4H2,(H,6,7);3H2,1-2H3/b15-14+;;;;;7-4+;;;;/t20-,21+,22+;12-,13+,14+;13-;8-,9+,10-,11+;9-;;5-,6+,7+,8-;3-,4+,5-,6+;;/m11101.11../s1. The number of carbonyl (C=O) groups is 10. The Morgan fingerprint density at radius 3 is 1.43 bits per heavy atom. The number of allylic oxidation sites excluding steroid dienone is 5. The molecule has 6 saturated heterocycles. The summed E-state index contributed by atoms with van der Waals surface area (Å²) in [6.45, 7) is 22.7. The van der Waals surface area contributed by atoms with E-state index in [1.165, 1.54) is 48.3 Å². The summed E-state index contributed by atoms with van der Waals surface area (Å²) in [4.78, 5) is 118. The minimum Gasteiger partial charge on any atom is -0.481 e. The van der Waals surface area contributed by atoms with Gasteiger partial charge in [-0.1, -0.05) is 264 Å². The lowest BCUT2D eigenvalue weighted by atomic mass is 9.94. The van der Waals surface area contributed by atoms with E-state index >= 15 is 0 Å². The van der Waals surface area contributed by atoms with Crippen LogP contribution in [0.5, 0.6) is 0 Å². The van der Waals surface area contributed by atoms with Crippen molar-refractivity contribution in [1.29, 1.82) is 0 Å². The van der Waals surface area contributed by atoms with E-state index in [2.05, 4.69) is 43.6 Å². The van der Waals surface area contributed by atoms with Gasteiger partial charge in [-0.05, 0) is 135 Å². The number of carbonyl (C=O) groups excluding carboxylic acids is 9. The fourth-order valence-electron chi connectivity index (χ4n) is 16.6. The lowest BCUT2D eigenvalue weighted by Gasteiger charge is -2.26. The van der Waals surface area contributed by atoms with E-state index in [-0.39, 0.29) is 118 Å². The first-order chi connectivity index (χ1) is 66.2. The number of ether oxygens (including phenoxy) is 10. The third-order valence-electron chi connectivity index (χ3n) is 24.2. The number of aliphatic hydroxyl groups excluding tert-OH is 5. The molecule has 0 spiro atoms. The van der Waals surface area contributed by atoms with Crippen LogP contribution in [0.15, 0.2) is 244 Å². The van der Waals surface area contributed by atoms with Crippen LogP contribution in [0, 0.1) is 35.5 Å². The number of nitrogens with one attached hydrogen (secondary N) is 1. The number of esters is 1. The van der Waals surface area contributed by atoms with Gasteiger partial charge >= 0.3 is 36.3 Å². The molecule has 137 heavy (non-hydrogen) atoms. The SMILES string of the molecule is C=CCCC(=O)N1C(=O)OC[C@H]1Cc1ccccc1.C=CCCC(=O)O.C=CC[C@H](C(=O)N1C(=O)OC[C@H]1Cc1ccccc1)[C@@H](O)/C=C/c1ccccc1.CCOC.CC[C@H]1C[C@@H](OC(C)=O)[C@H](O)[C@@H]1OCOC.CC[C@H]1C[C@@H]2O[C@@H]2[C@@H]1C.O=C/C=C/c1ccccc1.O=C1N[C@H](Cc2ccccc2)CO1.O=C1OC[C@@H](Cc2ccccc2)N1C(=O)[C@H]1CC=C[C@@H]1O.OC[C@H]1C[C@@H]2O[C@@H]2[C@@H]1O. The molecule has 6 heterocycles. The topological polar surface area (TPSA) is 413 Å². The lowest BCUT2D eigenvalue weighted by Crippen LogP contribution is -2.46. The molecule has 0 bridgehead atoms. The Labute approximate surface area is 804 Å². The molecule has 6 aromatic rings. The second-order valence-electron chi connectivity index (χ2n) is 34.0. The molecule has 10 aliphatic rings. The van der Waals surface area contributed by atoms with Gasteiger partial charge in [0.15, 0.2) is 0 Å². The minimum absolute atomic E-state index is 0.0575. The van der Waals surface area contributed by atoms with Crippen LogP contribution in [-0.2, 0) is 102 Å². The average Bonchev–Trinajstić information content (AvgIpc) is 1.61. The van der Waals surface area contributed by atoms with Gasteiger partial charge in [0, 0.05) is 53.1 Å². The predicted octanol–water partition coefficient (Wildman–Crippen LogP) is 14.5. The molecule has 4 aliphatic carbocycles. The molecule has 0 aromatic heterocycles. The van der Waals surface area contributed by atoms with Crippen LogP contribution in [0.1, 0.15) is 139 Å². The highest BCUT2D eigenvalue weighted by atomic mass is 16.7. The summed E-state index contributed by atoms with van der Waals surface area (Å²) in [5, 5.41) is 59.0. The van der Waals surface area contributed by atoms with E-state index in [9.17, 15) is 68.4 Å². The molecule has 0 radical (unpaired) electrons. The Balaban J connectivity index is 0.000000215. The smallest absolute Gasteiger partial charge is 0.416 e. The third kappa shape index (κ3) is 37.8. The van der Waals surface area contributed by atoms with Crippen molar-refractivity contribution in [2.45, 2.75) is 216 Å². The summed E-state index contributed by atoms with van der Waals surface area (Å²) >= 11 is 0. The van der Waals surface area contributed by atoms with Gasteiger partial charge < -0.3 is 83.3 Å². The highest BCUT2D eigenvalue weighted by Gasteiger charge is 2.55. The first-order valence-corrected chi connectivity index (χ1v) is 46.8. The normalized spacial score (nSPS) is 25.3. The molecule has 7 amide bonds.